The van der Waals surface area contributed by atoms with E-state index >= 15 is 0 Å². The summed E-state index contributed by atoms with van der Waals surface area (Å²) in [6.07, 6.45) is 5.04. The van der Waals surface area contributed by atoms with E-state index in [1.54, 1.807) is 24.7 Å². The number of nitrogens with zero attached hydrogens (tertiary/aromatic N) is 4. The second kappa shape index (κ2) is 7.49. The van der Waals surface area contributed by atoms with Crippen LogP contribution in [0.15, 0.2) is 88.5 Å². The van der Waals surface area contributed by atoms with Gasteiger partial charge in [-0.1, -0.05) is 18.2 Å². The minimum Gasteiger partial charge on any atom is -0.460 e. The molecule has 0 radical (unpaired) electrons. The van der Waals surface area contributed by atoms with Crippen molar-refractivity contribution in [2.75, 3.05) is 0 Å². The largest absolute Gasteiger partial charge is 0.460 e. The van der Waals surface area contributed by atoms with Crippen LogP contribution in [0.3, 0.4) is 0 Å². The quantitative estimate of drug-likeness (QED) is 0.415. The number of furan rings is 1. The van der Waals surface area contributed by atoms with Gasteiger partial charge in [-0.15, -0.1) is 0 Å². The third kappa shape index (κ3) is 3.27. The minimum atomic E-state index is -0.235. The molecule has 0 fully saturated rings. The third-order valence-electron chi connectivity index (χ3n) is 5.50. The Morgan fingerprint density at radius 1 is 0.879 bits per heavy atom. The van der Waals surface area contributed by atoms with E-state index < -0.39 is 0 Å². The summed E-state index contributed by atoms with van der Waals surface area (Å²) >= 11 is 0. The number of benzene rings is 1. The molecule has 0 saturated carbocycles. The molecular formula is C26H17N5O2. The summed E-state index contributed by atoms with van der Waals surface area (Å²) in [7, 11) is 0. The summed E-state index contributed by atoms with van der Waals surface area (Å²) in [6, 6.07) is 18.9. The summed E-state index contributed by atoms with van der Waals surface area (Å²) in [5.41, 5.74) is 4.21. The highest BCUT2D eigenvalue weighted by atomic mass is 16.3. The van der Waals surface area contributed by atoms with Crippen molar-refractivity contribution in [3.8, 4) is 34.0 Å². The van der Waals surface area contributed by atoms with Crippen LogP contribution in [0.5, 0.6) is 0 Å². The molecule has 1 aromatic carbocycles. The first kappa shape index (κ1) is 19.1. The fraction of sp³-hybridized carbons (Fsp3) is 0.0385. The van der Waals surface area contributed by atoms with Crippen molar-refractivity contribution in [2.45, 2.75) is 6.92 Å². The molecule has 33 heavy (non-hydrogen) atoms. The maximum atomic E-state index is 13.4. The number of aromatic nitrogens is 5. The Kier molecular flexibility index (Phi) is 4.33. The Bertz CT molecular complexity index is 1700. The van der Waals surface area contributed by atoms with Gasteiger partial charge in [-0.05, 0) is 49.4 Å². The van der Waals surface area contributed by atoms with Gasteiger partial charge in [-0.3, -0.25) is 14.8 Å². The van der Waals surface area contributed by atoms with Crippen molar-refractivity contribution in [1.29, 1.82) is 0 Å². The first-order valence-corrected chi connectivity index (χ1v) is 10.4. The smallest absolute Gasteiger partial charge is 0.218 e. The second-order valence-corrected chi connectivity index (χ2v) is 7.69. The van der Waals surface area contributed by atoms with Gasteiger partial charge in [0, 0.05) is 29.5 Å². The van der Waals surface area contributed by atoms with Gasteiger partial charge in [0.2, 0.25) is 5.43 Å². The lowest BCUT2D eigenvalue weighted by atomic mass is 10.0. The van der Waals surface area contributed by atoms with Gasteiger partial charge < -0.3 is 9.40 Å². The van der Waals surface area contributed by atoms with E-state index in [1.165, 1.54) is 0 Å². The standard InChI is InChI=1S/C26H17N5O2/c1-15-7-10-21(33-15)23-22(17-8-9-19-16(13-17)5-4-12-27-19)30-24-25(32)18(14-29-26(24)31-23)20-6-2-3-11-28-20/h2-14H,1H3,(H,29,31,32). The summed E-state index contributed by atoms with van der Waals surface area (Å²) in [4.78, 5) is 34.8. The summed E-state index contributed by atoms with van der Waals surface area (Å²) in [5.74, 6) is 1.34. The molecule has 5 aromatic heterocycles. The second-order valence-electron chi connectivity index (χ2n) is 7.69. The maximum Gasteiger partial charge on any atom is 0.218 e. The number of H-pyrrole nitrogens is 1. The van der Waals surface area contributed by atoms with E-state index in [2.05, 4.69) is 15.0 Å². The molecule has 0 aliphatic carbocycles. The van der Waals surface area contributed by atoms with E-state index in [9.17, 15) is 4.79 Å². The topological polar surface area (TPSA) is 97.6 Å². The van der Waals surface area contributed by atoms with Crippen molar-refractivity contribution in [1.82, 2.24) is 24.9 Å². The first-order chi connectivity index (χ1) is 16.2. The van der Waals surface area contributed by atoms with Crippen LogP contribution in [-0.2, 0) is 0 Å². The average Bonchev–Trinajstić information content (AvgIpc) is 3.30. The number of aryl methyl sites for hydroxylation is 1. The molecule has 0 aliphatic heterocycles. The van der Waals surface area contributed by atoms with Gasteiger partial charge in [0.25, 0.3) is 0 Å². The number of hydrogen-bond acceptors (Lipinski definition) is 6. The lowest BCUT2D eigenvalue weighted by Gasteiger charge is -2.10. The Hall–Kier alpha value is -4.65. The lowest BCUT2D eigenvalue weighted by Crippen LogP contribution is -2.11. The molecule has 0 spiro atoms. The van der Waals surface area contributed by atoms with Crippen LogP contribution in [0.2, 0.25) is 0 Å². The summed E-state index contributed by atoms with van der Waals surface area (Å²) in [6.45, 7) is 1.88. The molecule has 0 amide bonds. The van der Waals surface area contributed by atoms with Gasteiger partial charge in [-0.25, -0.2) is 9.97 Å². The number of nitrogens with one attached hydrogen (secondary N) is 1. The molecule has 1 N–H and O–H groups in total. The fourth-order valence-corrected chi connectivity index (χ4v) is 3.90. The highest BCUT2D eigenvalue weighted by molar-refractivity contribution is 5.89. The molecule has 6 aromatic rings. The van der Waals surface area contributed by atoms with E-state index in [4.69, 9.17) is 14.4 Å². The summed E-state index contributed by atoms with van der Waals surface area (Å²) < 4.78 is 5.87. The van der Waals surface area contributed by atoms with Gasteiger partial charge in [-0.2, -0.15) is 0 Å². The molecule has 0 saturated heterocycles. The average molecular weight is 431 g/mol. The zero-order valence-electron chi connectivity index (χ0n) is 17.6. The van der Waals surface area contributed by atoms with E-state index in [0.29, 0.717) is 34.1 Å². The Morgan fingerprint density at radius 3 is 2.61 bits per heavy atom. The predicted octanol–water partition coefficient (Wildman–Crippen LogP) is 5.16. The molecule has 7 heteroatoms. The third-order valence-corrected chi connectivity index (χ3v) is 5.50. The van der Waals surface area contributed by atoms with Crippen LogP contribution in [0.4, 0.5) is 0 Å². The molecule has 6 rings (SSSR count). The molecule has 158 valence electrons. The van der Waals surface area contributed by atoms with Crippen molar-refractivity contribution in [2.24, 2.45) is 0 Å². The van der Waals surface area contributed by atoms with E-state index in [1.807, 2.05) is 61.5 Å². The highest BCUT2D eigenvalue weighted by Crippen LogP contribution is 2.32. The number of rotatable bonds is 3. The fourth-order valence-electron chi connectivity index (χ4n) is 3.90. The zero-order chi connectivity index (χ0) is 22.4. The molecule has 7 nitrogen and oxygen atoms in total. The molecule has 5 heterocycles. The normalized spacial score (nSPS) is 11.3. The van der Waals surface area contributed by atoms with Crippen LogP contribution in [0.25, 0.3) is 56.0 Å². The van der Waals surface area contributed by atoms with Crippen molar-refractivity contribution in [3.05, 3.63) is 95.2 Å². The SMILES string of the molecule is Cc1ccc(-c2nc3[nH]cc(-c4ccccn4)c(=O)c3nc2-c2ccc3ncccc3c2)o1. The molecule has 0 bridgehead atoms. The number of fused-ring (bicyclic) bond motifs is 2. The van der Waals surface area contributed by atoms with Gasteiger partial charge in [0.1, 0.15) is 17.1 Å². The molecular weight excluding hydrogens is 414 g/mol. The Labute approximate surface area is 187 Å². The Balaban J connectivity index is 1.65. The van der Waals surface area contributed by atoms with Crippen molar-refractivity contribution >= 4 is 22.1 Å². The van der Waals surface area contributed by atoms with Crippen LogP contribution in [0, 0.1) is 6.92 Å². The predicted molar refractivity (Wildman–Crippen MR) is 127 cm³/mol. The van der Waals surface area contributed by atoms with E-state index in [-0.39, 0.29) is 10.9 Å². The van der Waals surface area contributed by atoms with Crippen LogP contribution in [0.1, 0.15) is 5.76 Å². The van der Waals surface area contributed by atoms with Gasteiger partial charge >= 0.3 is 0 Å². The van der Waals surface area contributed by atoms with Gasteiger partial charge in [0.05, 0.1) is 16.8 Å². The monoisotopic (exact) mass is 431 g/mol. The maximum absolute atomic E-state index is 13.4. The molecule has 0 unspecified atom stereocenters. The highest BCUT2D eigenvalue weighted by Gasteiger charge is 2.19. The van der Waals surface area contributed by atoms with Crippen LogP contribution < -0.4 is 5.43 Å². The zero-order valence-corrected chi connectivity index (χ0v) is 17.6. The van der Waals surface area contributed by atoms with Crippen LogP contribution >= 0.6 is 0 Å². The number of aromatic amines is 1. The number of pyridine rings is 3. The van der Waals surface area contributed by atoms with Crippen molar-refractivity contribution < 1.29 is 4.42 Å². The number of hydrogen-bond donors (Lipinski definition) is 1. The first-order valence-electron chi connectivity index (χ1n) is 10.4. The van der Waals surface area contributed by atoms with Crippen LogP contribution in [-0.4, -0.2) is 24.9 Å². The molecule has 0 aliphatic rings. The van der Waals surface area contributed by atoms with Gasteiger partial charge in [0.15, 0.2) is 16.9 Å². The van der Waals surface area contributed by atoms with E-state index in [0.717, 1.165) is 22.2 Å². The Morgan fingerprint density at radius 2 is 1.79 bits per heavy atom. The lowest BCUT2D eigenvalue weighted by molar-refractivity contribution is 0.546. The summed E-state index contributed by atoms with van der Waals surface area (Å²) in [5, 5.41) is 0.967. The van der Waals surface area contributed by atoms with Crippen molar-refractivity contribution in [3.63, 3.8) is 0 Å². The minimum absolute atomic E-state index is 0.235. The molecule has 0 atom stereocenters.